The average Bonchev–Trinajstić information content (AvgIpc) is 3.04. The van der Waals surface area contributed by atoms with Crippen LogP contribution in [0.1, 0.15) is 71.0 Å². The van der Waals surface area contributed by atoms with Crippen LogP contribution in [0.15, 0.2) is 28.9 Å². The lowest BCUT2D eigenvalue weighted by Gasteiger charge is -2.21. The van der Waals surface area contributed by atoms with Crippen molar-refractivity contribution in [2.24, 2.45) is 0 Å². The summed E-state index contributed by atoms with van der Waals surface area (Å²) < 4.78 is 5.23. The smallest absolute Gasteiger partial charge is 0.246 e. The van der Waals surface area contributed by atoms with Crippen LogP contribution < -0.4 is 0 Å². The van der Waals surface area contributed by atoms with Gasteiger partial charge in [-0.3, -0.25) is 4.79 Å². The molecule has 0 aromatic carbocycles. The third-order valence-corrected chi connectivity index (χ3v) is 3.81. The van der Waals surface area contributed by atoms with Gasteiger partial charge < -0.3 is 9.32 Å². The highest BCUT2D eigenvalue weighted by atomic mass is 16.3. The Morgan fingerprint density at radius 1 is 1.05 bits per heavy atom. The fraction of sp³-hybridized carbons (Fsp3) is 0.632. The minimum Gasteiger partial charge on any atom is -0.465 e. The predicted octanol–water partition coefficient (Wildman–Crippen LogP) is 5.28. The lowest BCUT2D eigenvalue weighted by atomic mass is 10.1. The first-order valence-corrected chi connectivity index (χ1v) is 8.78. The Kier molecular flexibility index (Phi) is 10.2. The van der Waals surface area contributed by atoms with Crippen molar-refractivity contribution in [1.29, 1.82) is 0 Å². The minimum absolute atomic E-state index is 0.101. The summed E-state index contributed by atoms with van der Waals surface area (Å²) in [5, 5.41) is 0. The van der Waals surface area contributed by atoms with Crippen molar-refractivity contribution in [3.63, 3.8) is 0 Å². The lowest BCUT2D eigenvalue weighted by Crippen LogP contribution is -2.31. The highest BCUT2D eigenvalue weighted by molar-refractivity contribution is 5.91. The maximum absolute atomic E-state index is 12.4. The van der Waals surface area contributed by atoms with Crippen LogP contribution in [0.3, 0.4) is 0 Å². The topological polar surface area (TPSA) is 33.5 Å². The molecular formula is C19H31NO2. The number of nitrogens with zero attached hydrogens (tertiary/aromatic N) is 1. The van der Waals surface area contributed by atoms with Crippen LogP contribution in [0.5, 0.6) is 0 Å². The molecule has 22 heavy (non-hydrogen) atoms. The molecule has 3 heteroatoms. The van der Waals surface area contributed by atoms with Gasteiger partial charge in [0.05, 0.1) is 6.26 Å². The van der Waals surface area contributed by atoms with Crippen LogP contribution in [0.25, 0.3) is 6.08 Å². The van der Waals surface area contributed by atoms with E-state index in [1.165, 1.54) is 38.5 Å². The zero-order chi connectivity index (χ0) is 16.0. The Bertz CT molecular complexity index is 397. The molecule has 0 N–H and O–H groups in total. The normalized spacial score (nSPS) is 11.2. The Balaban J connectivity index is 2.44. The molecule has 1 amide bonds. The molecule has 0 fully saturated rings. The van der Waals surface area contributed by atoms with E-state index in [1.54, 1.807) is 18.4 Å². The number of carbonyl (C=O) groups excluding carboxylic acids is 1. The average molecular weight is 305 g/mol. The maximum Gasteiger partial charge on any atom is 0.246 e. The fourth-order valence-electron chi connectivity index (χ4n) is 2.44. The standard InChI is InChI=1S/C19H31NO2/c1-3-5-7-9-15-20(16-10-8-6-4-2)19(21)14-13-18-12-11-17-22-18/h11-14,17H,3-10,15-16H2,1-2H3/b14-13+. The van der Waals surface area contributed by atoms with Gasteiger partial charge in [0, 0.05) is 19.2 Å². The van der Waals surface area contributed by atoms with Crippen LogP contribution >= 0.6 is 0 Å². The predicted molar refractivity (Wildman–Crippen MR) is 92.6 cm³/mol. The van der Waals surface area contributed by atoms with E-state index >= 15 is 0 Å². The van der Waals surface area contributed by atoms with E-state index in [4.69, 9.17) is 4.42 Å². The van der Waals surface area contributed by atoms with E-state index in [0.717, 1.165) is 31.7 Å². The highest BCUT2D eigenvalue weighted by Gasteiger charge is 2.10. The molecule has 0 atom stereocenters. The van der Waals surface area contributed by atoms with Crippen molar-refractivity contribution in [3.05, 3.63) is 30.2 Å². The first kappa shape index (κ1) is 18.5. The van der Waals surface area contributed by atoms with E-state index < -0.39 is 0 Å². The van der Waals surface area contributed by atoms with E-state index in [-0.39, 0.29) is 5.91 Å². The Hall–Kier alpha value is -1.51. The van der Waals surface area contributed by atoms with Crippen molar-refractivity contribution in [2.45, 2.75) is 65.2 Å². The number of hydrogen-bond donors (Lipinski definition) is 0. The summed E-state index contributed by atoms with van der Waals surface area (Å²) in [6.45, 7) is 6.15. The second-order valence-corrected chi connectivity index (χ2v) is 5.80. The maximum atomic E-state index is 12.4. The zero-order valence-corrected chi connectivity index (χ0v) is 14.2. The summed E-state index contributed by atoms with van der Waals surface area (Å²) in [7, 11) is 0. The molecule has 1 heterocycles. The molecule has 0 aliphatic rings. The Morgan fingerprint density at radius 2 is 1.68 bits per heavy atom. The van der Waals surface area contributed by atoms with Gasteiger partial charge in [-0.25, -0.2) is 0 Å². The van der Waals surface area contributed by atoms with Gasteiger partial charge in [0.15, 0.2) is 0 Å². The molecule has 0 aliphatic carbocycles. The van der Waals surface area contributed by atoms with Crippen molar-refractivity contribution in [2.75, 3.05) is 13.1 Å². The highest BCUT2D eigenvalue weighted by Crippen LogP contribution is 2.08. The summed E-state index contributed by atoms with van der Waals surface area (Å²) in [4.78, 5) is 14.4. The van der Waals surface area contributed by atoms with Crippen molar-refractivity contribution < 1.29 is 9.21 Å². The van der Waals surface area contributed by atoms with Crippen molar-refractivity contribution in [3.8, 4) is 0 Å². The van der Waals surface area contributed by atoms with E-state index in [9.17, 15) is 4.79 Å². The van der Waals surface area contributed by atoms with Crippen LogP contribution in [0.4, 0.5) is 0 Å². The molecular weight excluding hydrogens is 274 g/mol. The molecule has 0 radical (unpaired) electrons. The van der Waals surface area contributed by atoms with E-state index in [1.807, 2.05) is 17.0 Å². The number of carbonyl (C=O) groups is 1. The molecule has 3 nitrogen and oxygen atoms in total. The van der Waals surface area contributed by atoms with Gasteiger partial charge in [-0.15, -0.1) is 0 Å². The van der Waals surface area contributed by atoms with Gasteiger partial charge in [0.1, 0.15) is 5.76 Å². The van der Waals surface area contributed by atoms with Crippen molar-refractivity contribution >= 4 is 12.0 Å². The number of rotatable bonds is 12. The number of hydrogen-bond acceptors (Lipinski definition) is 2. The molecule has 0 aliphatic heterocycles. The molecule has 1 rings (SSSR count). The summed E-state index contributed by atoms with van der Waals surface area (Å²) in [5.41, 5.74) is 0. The third kappa shape index (κ3) is 8.06. The molecule has 124 valence electrons. The first-order chi connectivity index (χ1) is 10.8. The summed E-state index contributed by atoms with van der Waals surface area (Å²) >= 11 is 0. The lowest BCUT2D eigenvalue weighted by molar-refractivity contribution is -0.126. The summed E-state index contributed by atoms with van der Waals surface area (Å²) in [6.07, 6.45) is 14.6. The molecule has 0 bridgehead atoms. The molecule has 1 aromatic heterocycles. The Morgan fingerprint density at radius 3 is 2.18 bits per heavy atom. The minimum atomic E-state index is 0.101. The second-order valence-electron chi connectivity index (χ2n) is 5.80. The molecule has 0 spiro atoms. The molecule has 1 aromatic rings. The van der Waals surface area contributed by atoms with Crippen molar-refractivity contribution in [1.82, 2.24) is 4.90 Å². The van der Waals surface area contributed by atoms with Gasteiger partial charge >= 0.3 is 0 Å². The summed E-state index contributed by atoms with van der Waals surface area (Å²) in [5.74, 6) is 0.828. The van der Waals surface area contributed by atoms with Gasteiger partial charge in [0.25, 0.3) is 0 Å². The fourth-order valence-corrected chi connectivity index (χ4v) is 2.44. The number of furan rings is 1. The van der Waals surface area contributed by atoms with E-state index in [0.29, 0.717) is 0 Å². The monoisotopic (exact) mass is 305 g/mol. The SMILES string of the molecule is CCCCCCN(CCCCCC)C(=O)/C=C/c1ccco1. The van der Waals surface area contributed by atoms with Crippen LogP contribution in [0, 0.1) is 0 Å². The molecule has 0 saturated carbocycles. The Labute approximate surface area is 135 Å². The quantitative estimate of drug-likeness (QED) is 0.389. The largest absolute Gasteiger partial charge is 0.465 e. The van der Waals surface area contributed by atoms with Crippen LogP contribution in [0.2, 0.25) is 0 Å². The van der Waals surface area contributed by atoms with Crippen LogP contribution in [-0.4, -0.2) is 23.9 Å². The van der Waals surface area contributed by atoms with Gasteiger partial charge in [-0.2, -0.15) is 0 Å². The number of amides is 1. The molecule has 0 unspecified atom stereocenters. The van der Waals surface area contributed by atoms with Gasteiger partial charge in [-0.05, 0) is 31.1 Å². The van der Waals surface area contributed by atoms with Crippen LogP contribution in [-0.2, 0) is 4.79 Å². The first-order valence-electron chi connectivity index (χ1n) is 8.78. The zero-order valence-electron chi connectivity index (χ0n) is 14.2. The number of unbranched alkanes of at least 4 members (excludes halogenated alkanes) is 6. The van der Waals surface area contributed by atoms with E-state index in [2.05, 4.69) is 13.8 Å². The molecule has 0 saturated heterocycles. The second kappa shape index (κ2) is 12.1. The summed E-state index contributed by atoms with van der Waals surface area (Å²) in [6, 6.07) is 3.69. The van der Waals surface area contributed by atoms with Gasteiger partial charge in [-0.1, -0.05) is 52.4 Å². The third-order valence-electron chi connectivity index (χ3n) is 3.81. The van der Waals surface area contributed by atoms with Gasteiger partial charge in [0.2, 0.25) is 5.91 Å².